The summed E-state index contributed by atoms with van der Waals surface area (Å²) in [5.41, 5.74) is 4.46. The van der Waals surface area contributed by atoms with E-state index in [1.165, 1.54) is 48.5 Å². The zero-order valence-corrected chi connectivity index (χ0v) is 14.5. The Morgan fingerprint density at radius 3 is 2.20 bits per heavy atom. The van der Waals surface area contributed by atoms with Gasteiger partial charge in [0.15, 0.2) is 9.84 Å². The molecule has 0 aromatic heterocycles. The number of halogens is 2. The minimum absolute atomic E-state index is 0.0226. The van der Waals surface area contributed by atoms with Crippen LogP contribution in [0.2, 0.25) is 5.02 Å². The summed E-state index contributed by atoms with van der Waals surface area (Å²) in [7, 11) is -3.97. The Morgan fingerprint density at radius 2 is 1.72 bits per heavy atom. The molecule has 1 saturated carbocycles. The Hall–Kier alpha value is -1.96. The van der Waals surface area contributed by atoms with E-state index in [2.05, 4.69) is 0 Å². The molecule has 3 N–H and O–H groups in total. The van der Waals surface area contributed by atoms with Crippen LogP contribution in [0.3, 0.4) is 0 Å². The zero-order chi connectivity index (χ0) is 18.4. The molecule has 0 amide bonds. The second-order valence-electron chi connectivity index (χ2n) is 6.00. The molecule has 0 saturated heterocycles. The molecule has 1 aliphatic rings. The molecule has 25 heavy (non-hydrogen) atoms. The Morgan fingerprint density at radius 1 is 1.16 bits per heavy atom. The minimum atomic E-state index is -3.97. The minimum Gasteiger partial charge on any atom is -0.481 e. The second kappa shape index (κ2) is 6.09. The van der Waals surface area contributed by atoms with Crippen molar-refractivity contribution >= 4 is 27.4 Å². The van der Waals surface area contributed by atoms with E-state index >= 15 is 0 Å². The van der Waals surface area contributed by atoms with Crippen LogP contribution in [-0.4, -0.2) is 31.3 Å². The van der Waals surface area contributed by atoms with Crippen LogP contribution >= 0.6 is 11.6 Å². The maximum Gasteiger partial charge on any atom is 0.312 e. The van der Waals surface area contributed by atoms with E-state index < -0.39 is 38.2 Å². The number of aliphatic carboxylic acids is 1. The standard InChI is InChI=1S/C17H15ClFNO4S/c18-11-3-7-13(8-4-11)25(23,24)15-14(17(15,9-20)16(21)22)10-1-5-12(19)6-2-10/h1-8,14-15H,9,20H2,(H,21,22)/t14-,15+,17-/m0/s1. The van der Waals surface area contributed by atoms with Gasteiger partial charge in [0.05, 0.1) is 10.1 Å². The highest BCUT2D eigenvalue weighted by atomic mass is 35.5. The fourth-order valence-corrected chi connectivity index (χ4v) is 5.87. The van der Waals surface area contributed by atoms with Gasteiger partial charge in [-0.15, -0.1) is 0 Å². The number of sulfone groups is 1. The number of rotatable bonds is 5. The van der Waals surface area contributed by atoms with E-state index in [-0.39, 0.29) is 11.4 Å². The van der Waals surface area contributed by atoms with Crippen molar-refractivity contribution in [1.82, 2.24) is 0 Å². The van der Waals surface area contributed by atoms with Gasteiger partial charge < -0.3 is 10.8 Å². The predicted molar refractivity (Wildman–Crippen MR) is 90.7 cm³/mol. The number of carboxylic acid groups (broad SMARTS) is 1. The molecular weight excluding hydrogens is 369 g/mol. The molecule has 132 valence electrons. The monoisotopic (exact) mass is 383 g/mol. The van der Waals surface area contributed by atoms with Gasteiger partial charge in [-0.2, -0.15) is 0 Å². The first-order chi connectivity index (χ1) is 11.7. The van der Waals surface area contributed by atoms with Gasteiger partial charge in [-0.1, -0.05) is 23.7 Å². The van der Waals surface area contributed by atoms with Crippen LogP contribution in [0.5, 0.6) is 0 Å². The fraction of sp³-hybridized carbons (Fsp3) is 0.235. The summed E-state index contributed by atoms with van der Waals surface area (Å²) in [4.78, 5) is 11.8. The summed E-state index contributed by atoms with van der Waals surface area (Å²) in [5, 5.41) is 8.82. The average molecular weight is 384 g/mol. The number of nitrogens with two attached hydrogens (primary N) is 1. The van der Waals surface area contributed by atoms with E-state index in [0.717, 1.165) is 0 Å². The van der Waals surface area contributed by atoms with Crippen molar-refractivity contribution in [3.05, 3.63) is 64.9 Å². The third-order valence-electron chi connectivity index (χ3n) is 4.70. The third-order valence-corrected chi connectivity index (χ3v) is 7.24. The van der Waals surface area contributed by atoms with Crippen LogP contribution in [-0.2, 0) is 14.6 Å². The van der Waals surface area contributed by atoms with Crippen LogP contribution in [0, 0.1) is 11.2 Å². The van der Waals surface area contributed by atoms with Crippen molar-refractivity contribution in [2.45, 2.75) is 16.1 Å². The predicted octanol–water partition coefficient (Wildman–Crippen LogP) is 2.45. The highest BCUT2D eigenvalue weighted by molar-refractivity contribution is 7.92. The van der Waals surface area contributed by atoms with Crippen LogP contribution < -0.4 is 5.73 Å². The Labute approximate surface area is 149 Å². The Bertz CT molecular complexity index is 915. The van der Waals surface area contributed by atoms with Gasteiger partial charge in [0.2, 0.25) is 0 Å². The summed E-state index contributed by atoms with van der Waals surface area (Å²) in [6, 6.07) is 10.6. The van der Waals surface area contributed by atoms with Crippen molar-refractivity contribution < 1.29 is 22.7 Å². The van der Waals surface area contributed by atoms with Crippen LogP contribution in [0.1, 0.15) is 11.5 Å². The maximum absolute atomic E-state index is 13.2. The topological polar surface area (TPSA) is 97.5 Å². The molecule has 3 atom stereocenters. The highest BCUT2D eigenvalue weighted by Gasteiger charge is 2.75. The van der Waals surface area contributed by atoms with Crippen molar-refractivity contribution in [3.8, 4) is 0 Å². The normalized spacial score (nSPS) is 25.6. The molecular formula is C17H15ClFNO4S. The smallest absolute Gasteiger partial charge is 0.312 e. The quantitative estimate of drug-likeness (QED) is 0.826. The lowest BCUT2D eigenvalue weighted by Crippen LogP contribution is -2.31. The van der Waals surface area contributed by atoms with Crippen molar-refractivity contribution in [2.24, 2.45) is 11.1 Å². The van der Waals surface area contributed by atoms with E-state index in [1.54, 1.807) is 0 Å². The molecule has 0 aliphatic heterocycles. The average Bonchev–Trinajstić information content (AvgIpc) is 3.27. The third kappa shape index (κ3) is 2.72. The van der Waals surface area contributed by atoms with Crippen molar-refractivity contribution in [2.75, 3.05) is 6.54 Å². The second-order valence-corrected chi connectivity index (χ2v) is 8.50. The molecule has 1 aliphatic carbocycles. The molecule has 5 nitrogen and oxygen atoms in total. The number of carboxylic acids is 1. The van der Waals surface area contributed by atoms with Crippen LogP contribution in [0.15, 0.2) is 53.4 Å². The summed E-state index contributed by atoms with van der Waals surface area (Å²) >= 11 is 5.79. The van der Waals surface area contributed by atoms with Crippen LogP contribution in [0.25, 0.3) is 0 Å². The van der Waals surface area contributed by atoms with Gasteiger partial charge in [-0.25, -0.2) is 12.8 Å². The largest absolute Gasteiger partial charge is 0.481 e. The molecule has 3 rings (SSSR count). The van der Waals surface area contributed by atoms with Crippen molar-refractivity contribution in [3.63, 3.8) is 0 Å². The Balaban J connectivity index is 2.10. The number of benzene rings is 2. The molecule has 0 spiro atoms. The van der Waals surface area contributed by atoms with Gasteiger partial charge in [-0.05, 0) is 42.0 Å². The van der Waals surface area contributed by atoms with E-state index in [1.807, 2.05) is 0 Å². The van der Waals surface area contributed by atoms with E-state index in [0.29, 0.717) is 10.6 Å². The van der Waals surface area contributed by atoms with E-state index in [4.69, 9.17) is 17.3 Å². The zero-order valence-electron chi connectivity index (χ0n) is 12.9. The van der Waals surface area contributed by atoms with Gasteiger partial charge >= 0.3 is 5.97 Å². The summed E-state index contributed by atoms with van der Waals surface area (Å²) < 4.78 is 39.2. The van der Waals surface area contributed by atoms with Gasteiger partial charge in [-0.3, -0.25) is 4.79 Å². The molecule has 2 aromatic rings. The lowest BCUT2D eigenvalue weighted by Gasteiger charge is -2.10. The van der Waals surface area contributed by atoms with Crippen LogP contribution in [0.4, 0.5) is 4.39 Å². The lowest BCUT2D eigenvalue weighted by atomic mass is 9.99. The first-order valence-corrected chi connectivity index (χ1v) is 9.36. The first-order valence-electron chi connectivity index (χ1n) is 7.43. The number of carbonyl (C=O) groups is 1. The molecule has 0 unspecified atom stereocenters. The number of hydrogen-bond acceptors (Lipinski definition) is 4. The molecule has 1 fully saturated rings. The SMILES string of the molecule is NC[C@@]1(C(=O)O)[C@H](S(=O)(=O)c2ccc(Cl)cc2)[C@@H]1c1ccc(F)cc1. The lowest BCUT2D eigenvalue weighted by molar-refractivity contribution is -0.143. The number of hydrogen-bond donors (Lipinski definition) is 2. The van der Waals surface area contributed by atoms with Gasteiger partial charge in [0.1, 0.15) is 11.2 Å². The van der Waals surface area contributed by atoms with E-state index in [9.17, 15) is 22.7 Å². The summed E-state index contributed by atoms with van der Waals surface area (Å²) in [6.45, 7) is -0.345. The van der Waals surface area contributed by atoms with Crippen molar-refractivity contribution in [1.29, 1.82) is 0 Å². The molecule has 2 aromatic carbocycles. The summed E-state index contributed by atoms with van der Waals surface area (Å²) in [5.74, 6) is -2.63. The molecule has 0 radical (unpaired) electrons. The first kappa shape index (κ1) is 17.8. The van der Waals surface area contributed by atoms with Gasteiger partial charge in [0.25, 0.3) is 0 Å². The fourth-order valence-electron chi connectivity index (χ4n) is 3.36. The molecule has 8 heteroatoms. The summed E-state index contributed by atoms with van der Waals surface area (Å²) in [6.07, 6.45) is 0. The Kier molecular flexibility index (Phi) is 4.35. The molecule has 0 bridgehead atoms. The highest BCUT2D eigenvalue weighted by Crippen LogP contribution is 2.63. The van der Waals surface area contributed by atoms with Gasteiger partial charge in [0, 0.05) is 17.5 Å². The molecule has 0 heterocycles. The maximum atomic E-state index is 13.2.